The number of aromatic nitrogens is 2. The van der Waals surface area contributed by atoms with Gasteiger partial charge in [-0.05, 0) is 45.1 Å². The van der Waals surface area contributed by atoms with E-state index >= 15 is 0 Å². The van der Waals surface area contributed by atoms with Gasteiger partial charge in [0, 0.05) is 24.1 Å². The molecule has 6 nitrogen and oxygen atoms in total. The molecule has 3 heterocycles. The van der Waals surface area contributed by atoms with Crippen molar-refractivity contribution in [1.29, 1.82) is 0 Å². The Hall–Kier alpha value is -1.69. The second-order valence-electron chi connectivity index (χ2n) is 7.74. The third-order valence-corrected chi connectivity index (χ3v) is 5.29. The van der Waals surface area contributed by atoms with E-state index in [4.69, 9.17) is 0 Å². The summed E-state index contributed by atoms with van der Waals surface area (Å²) in [7, 11) is 0. The van der Waals surface area contributed by atoms with Crippen LogP contribution >= 0.6 is 0 Å². The number of aryl methyl sites for hydroxylation is 1. The monoisotopic (exact) mass is 333 g/mol. The van der Waals surface area contributed by atoms with E-state index in [-0.39, 0.29) is 36.0 Å². The van der Waals surface area contributed by atoms with Crippen LogP contribution in [0.15, 0.2) is 16.9 Å². The molecule has 1 unspecified atom stereocenters. The molecule has 0 spiro atoms. The molecule has 1 aromatic heterocycles. The van der Waals surface area contributed by atoms with Gasteiger partial charge in [0.2, 0.25) is 5.91 Å². The number of aliphatic hydroxyl groups is 1. The molecule has 6 heteroatoms. The summed E-state index contributed by atoms with van der Waals surface area (Å²) >= 11 is 0. The molecule has 24 heavy (non-hydrogen) atoms. The minimum absolute atomic E-state index is 0.0275. The highest BCUT2D eigenvalue weighted by Gasteiger charge is 2.47. The Bertz CT molecular complexity index is 668. The van der Waals surface area contributed by atoms with Crippen LogP contribution in [0.4, 0.5) is 0 Å². The number of amides is 1. The zero-order chi connectivity index (χ0) is 17.5. The summed E-state index contributed by atoms with van der Waals surface area (Å²) in [5, 5.41) is 15.4. The van der Waals surface area contributed by atoms with Gasteiger partial charge in [0.15, 0.2) is 0 Å². The first-order valence-corrected chi connectivity index (χ1v) is 8.88. The molecule has 0 radical (unpaired) electrons. The van der Waals surface area contributed by atoms with Gasteiger partial charge in [-0.15, -0.1) is 0 Å². The van der Waals surface area contributed by atoms with Crippen LogP contribution in [0.25, 0.3) is 0 Å². The van der Waals surface area contributed by atoms with Crippen LogP contribution in [-0.2, 0) is 11.3 Å². The molecule has 2 saturated heterocycles. The Morgan fingerprint density at radius 2 is 1.96 bits per heavy atom. The van der Waals surface area contributed by atoms with Gasteiger partial charge in [-0.3, -0.25) is 9.59 Å². The molecule has 132 valence electrons. The first kappa shape index (κ1) is 17.1. The highest BCUT2D eigenvalue weighted by Crippen LogP contribution is 2.40. The topological polar surface area (TPSA) is 75.4 Å². The van der Waals surface area contributed by atoms with Gasteiger partial charge < -0.3 is 10.0 Å². The summed E-state index contributed by atoms with van der Waals surface area (Å²) in [6, 6.07) is 3.31. The number of fused-ring (bicyclic) bond motifs is 2. The summed E-state index contributed by atoms with van der Waals surface area (Å²) in [6.07, 6.45) is 3.98. The lowest BCUT2D eigenvalue weighted by molar-refractivity contribution is -0.156. The normalized spacial score (nSPS) is 29.8. The largest absolute Gasteiger partial charge is 0.388 e. The van der Waals surface area contributed by atoms with E-state index in [2.05, 4.69) is 5.10 Å². The molecular weight excluding hydrogens is 306 g/mol. The number of nitrogens with zero attached hydrogens (tertiary/aromatic N) is 3. The molecule has 1 N–H and O–H groups in total. The Morgan fingerprint density at radius 1 is 1.33 bits per heavy atom. The molecule has 2 fully saturated rings. The molecule has 2 bridgehead atoms. The van der Waals surface area contributed by atoms with Gasteiger partial charge in [-0.25, -0.2) is 4.68 Å². The van der Waals surface area contributed by atoms with Gasteiger partial charge in [0.05, 0.1) is 17.8 Å². The van der Waals surface area contributed by atoms with Gasteiger partial charge in [-0.1, -0.05) is 13.8 Å². The lowest BCUT2D eigenvalue weighted by atomic mass is 9.75. The highest BCUT2D eigenvalue weighted by molar-refractivity contribution is 5.79. The molecule has 2 aliphatic heterocycles. The van der Waals surface area contributed by atoms with Crippen molar-refractivity contribution in [2.45, 2.75) is 77.1 Å². The number of hydrogen-bond acceptors (Lipinski definition) is 4. The zero-order valence-corrected chi connectivity index (χ0v) is 14.7. The van der Waals surface area contributed by atoms with E-state index in [9.17, 15) is 14.7 Å². The van der Waals surface area contributed by atoms with Crippen molar-refractivity contribution in [3.63, 3.8) is 0 Å². The van der Waals surface area contributed by atoms with Crippen molar-refractivity contribution in [3.8, 4) is 0 Å². The van der Waals surface area contributed by atoms with E-state index in [0.717, 1.165) is 25.0 Å². The fraction of sp³-hybridized carbons (Fsp3) is 0.722. The lowest BCUT2D eigenvalue weighted by Gasteiger charge is -2.52. The molecule has 1 aromatic rings. The Kier molecular flexibility index (Phi) is 4.51. The average Bonchev–Trinajstić information content (AvgIpc) is 2.49. The van der Waals surface area contributed by atoms with Crippen LogP contribution in [0, 0.1) is 12.8 Å². The summed E-state index contributed by atoms with van der Waals surface area (Å²) in [5.74, 6) is 0.151. The summed E-state index contributed by atoms with van der Waals surface area (Å²) in [6.45, 7) is 5.88. The van der Waals surface area contributed by atoms with Crippen LogP contribution in [0.2, 0.25) is 0 Å². The van der Waals surface area contributed by atoms with Crippen LogP contribution in [0.3, 0.4) is 0 Å². The summed E-state index contributed by atoms with van der Waals surface area (Å²) in [5.41, 5.74) is -0.417. The van der Waals surface area contributed by atoms with Crippen molar-refractivity contribution in [1.82, 2.24) is 14.7 Å². The number of carbonyl (C=O) groups excluding carboxylic acids is 1. The lowest BCUT2D eigenvalue weighted by Crippen LogP contribution is -2.61. The Labute approximate surface area is 142 Å². The van der Waals surface area contributed by atoms with Crippen molar-refractivity contribution < 1.29 is 9.90 Å². The SMILES string of the molecule is Cc1ccc(=O)n(CC2(O)C[C@H]3CCC[C@@H](C2)N3C(=O)C(C)C)n1. The predicted molar refractivity (Wildman–Crippen MR) is 90.5 cm³/mol. The maximum absolute atomic E-state index is 12.6. The van der Waals surface area contributed by atoms with Crippen LogP contribution in [0.1, 0.15) is 51.6 Å². The maximum atomic E-state index is 12.6. The molecule has 0 aliphatic carbocycles. The minimum atomic E-state index is -0.978. The van der Waals surface area contributed by atoms with Gasteiger partial charge >= 0.3 is 0 Å². The van der Waals surface area contributed by atoms with Gasteiger partial charge in [0.25, 0.3) is 5.56 Å². The van der Waals surface area contributed by atoms with Gasteiger partial charge in [-0.2, -0.15) is 5.10 Å². The van der Waals surface area contributed by atoms with Crippen LogP contribution in [-0.4, -0.2) is 43.4 Å². The molecular formula is C18H27N3O3. The number of rotatable bonds is 3. The number of piperidine rings is 2. The van der Waals surface area contributed by atoms with Gasteiger partial charge in [0.1, 0.15) is 0 Å². The van der Waals surface area contributed by atoms with E-state index < -0.39 is 5.60 Å². The first-order valence-electron chi connectivity index (χ1n) is 8.88. The minimum Gasteiger partial charge on any atom is -0.388 e. The van der Waals surface area contributed by atoms with Crippen LogP contribution in [0.5, 0.6) is 0 Å². The smallest absolute Gasteiger partial charge is 0.266 e. The van der Waals surface area contributed by atoms with Crippen molar-refractivity contribution in [2.75, 3.05) is 0 Å². The third-order valence-electron chi connectivity index (χ3n) is 5.29. The molecule has 1 amide bonds. The zero-order valence-electron chi connectivity index (χ0n) is 14.7. The second-order valence-corrected chi connectivity index (χ2v) is 7.74. The maximum Gasteiger partial charge on any atom is 0.266 e. The Balaban J connectivity index is 1.83. The average molecular weight is 333 g/mol. The van der Waals surface area contributed by atoms with E-state index in [1.165, 1.54) is 10.7 Å². The third kappa shape index (κ3) is 3.24. The molecule has 0 saturated carbocycles. The number of hydrogen-bond donors (Lipinski definition) is 1. The van der Waals surface area contributed by atoms with E-state index in [1.807, 2.05) is 25.7 Å². The Morgan fingerprint density at radius 3 is 2.54 bits per heavy atom. The highest BCUT2D eigenvalue weighted by atomic mass is 16.3. The molecule has 3 atom stereocenters. The molecule has 3 rings (SSSR count). The standard InChI is InChI=1S/C18H27N3O3/c1-12(2)17(23)21-14-5-4-6-15(21)10-18(24,9-14)11-20-16(22)8-7-13(3)19-20/h7-8,12,14-15,24H,4-6,9-11H2,1-3H3/t14-,15+,18?. The second kappa shape index (κ2) is 6.31. The summed E-state index contributed by atoms with van der Waals surface area (Å²) < 4.78 is 1.37. The van der Waals surface area contributed by atoms with Crippen LogP contribution < -0.4 is 5.56 Å². The van der Waals surface area contributed by atoms with Crippen molar-refractivity contribution >= 4 is 5.91 Å². The fourth-order valence-electron chi connectivity index (χ4n) is 4.26. The molecule has 2 aliphatic rings. The number of carbonyl (C=O) groups is 1. The van der Waals surface area contributed by atoms with E-state index in [0.29, 0.717) is 12.8 Å². The molecule has 0 aromatic carbocycles. The fourth-order valence-corrected chi connectivity index (χ4v) is 4.26. The predicted octanol–water partition coefficient (Wildman–Crippen LogP) is 1.48. The quantitative estimate of drug-likeness (QED) is 0.909. The van der Waals surface area contributed by atoms with Crippen molar-refractivity contribution in [2.24, 2.45) is 5.92 Å². The summed E-state index contributed by atoms with van der Waals surface area (Å²) in [4.78, 5) is 26.6. The first-order chi connectivity index (χ1) is 11.3. The van der Waals surface area contributed by atoms with E-state index in [1.54, 1.807) is 6.07 Å². The van der Waals surface area contributed by atoms with Crippen molar-refractivity contribution in [3.05, 3.63) is 28.2 Å².